The number of carbonyl (C=O) groups is 3. The number of Topliss-reactive ketones (excluding diaryl/α,β-unsaturated/α-hetero) is 1. The van der Waals surface area contributed by atoms with Gasteiger partial charge < -0.3 is 30.9 Å². The molecule has 9 heteroatoms. The quantitative estimate of drug-likeness (QED) is 0.517. The summed E-state index contributed by atoms with van der Waals surface area (Å²) in [6, 6.07) is 6.65. The number of carbonyl (C=O) groups excluding carboxylic acids is 3. The Morgan fingerprint density at radius 1 is 1.05 bits per heavy atom. The van der Waals surface area contributed by atoms with Gasteiger partial charge in [0.15, 0.2) is 5.78 Å². The molecule has 3 aliphatic heterocycles. The van der Waals surface area contributed by atoms with Gasteiger partial charge in [-0.3, -0.25) is 14.4 Å². The summed E-state index contributed by atoms with van der Waals surface area (Å²) < 4.78 is 5.59. The molecule has 2 saturated carbocycles. The first-order valence-corrected chi connectivity index (χ1v) is 14.6. The van der Waals surface area contributed by atoms with Crippen molar-refractivity contribution in [1.29, 1.82) is 0 Å². The van der Waals surface area contributed by atoms with Crippen molar-refractivity contribution in [3.8, 4) is 0 Å². The van der Waals surface area contributed by atoms with Crippen LogP contribution in [0.2, 0.25) is 0 Å². The average Bonchev–Trinajstić information content (AvgIpc) is 3.47. The van der Waals surface area contributed by atoms with E-state index in [9.17, 15) is 14.4 Å². The number of amides is 2. The summed E-state index contributed by atoms with van der Waals surface area (Å²) >= 11 is 0. The van der Waals surface area contributed by atoms with Crippen LogP contribution in [0.1, 0.15) is 61.7 Å². The number of rotatable bonds is 6. The number of anilines is 1. The highest BCUT2D eigenvalue weighted by molar-refractivity contribution is 5.99. The van der Waals surface area contributed by atoms with Gasteiger partial charge in [0, 0.05) is 43.5 Å². The van der Waals surface area contributed by atoms with Crippen molar-refractivity contribution in [2.75, 3.05) is 37.7 Å². The Balaban J connectivity index is 1.18. The molecule has 0 radical (unpaired) electrons. The van der Waals surface area contributed by atoms with Crippen LogP contribution in [0.3, 0.4) is 0 Å². The third-order valence-electron chi connectivity index (χ3n) is 9.62. The van der Waals surface area contributed by atoms with E-state index in [1.807, 2.05) is 24.3 Å². The zero-order valence-corrected chi connectivity index (χ0v) is 22.1. The molecule has 6 rings (SSSR count). The number of likely N-dealkylation sites (tertiary alicyclic amines) is 1. The standard InChI is InChI=1S/C29H41N5O4/c30-22-16-34(26-24(35)17-38-27(22)26)29(37)25(19-5-2-1-3-6-19)32-28(36)20-9-11-21(12-10-20)33-14-13-31-15-23(33)18-7-4-8-18/h9-12,18-19,22-23,25-27,31H,1-8,13-17,30H2,(H,32,36)/t22-,23?,25-,26+,27+/m0/s1. The first-order chi connectivity index (χ1) is 18.5. The van der Waals surface area contributed by atoms with Crippen LogP contribution in [0.4, 0.5) is 5.69 Å². The number of hydrogen-bond acceptors (Lipinski definition) is 7. The predicted molar refractivity (Wildman–Crippen MR) is 144 cm³/mol. The van der Waals surface area contributed by atoms with Gasteiger partial charge >= 0.3 is 0 Å². The smallest absolute Gasteiger partial charge is 0.251 e. The second-order valence-corrected chi connectivity index (χ2v) is 11.9. The summed E-state index contributed by atoms with van der Waals surface area (Å²) in [5, 5.41) is 6.63. The van der Waals surface area contributed by atoms with Crippen LogP contribution in [0, 0.1) is 11.8 Å². The molecular formula is C29H41N5O4. The minimum Gasteiger partial charge on any atom is -0.366 e. The summed E-state index contributed by atoms with van der Waals surface area (Å²) in [4.78, 5) is 44.0. The van der Waals surface area contributed by atoms with Crippen molar-refractivity contribution >= 4 is 23.3 Å². The number of hydrogen-bond donors (Lipinski definition) is 3. The maximum atomic E-state index is 13.9. The van der Waals surface area contributed by atoms with E-state index in [1.54, 1.807) is 4.90 Å². The Bertz CT molecular complexity index is 1040. The molecule has 5 atom stereocenters. The molecule has 1 aromatic carbocycles. The number of fused-ring (bicyclic) bond motifs is 1. The highest BCUT2D eigenvalue weighted by atomic mass is 16.5. The number of ether oxygens (including phenoxy) is 1. The van der Waals surface area contributed by atoms with Gasteiger partial charge in [-0.15, -0.1) is 0 Å². The molecule has 5 fully saturated rings. The molecule has 2 aliphatic carbocycles. The fraction of sp³-hybridized carbons (Fsp3) is 0.690. The molecule has 1 unspecified atom stereocenters. The zero-order chi connectivity index (χ0) is 26.2. The lowest BCUT2D eigenvalue weighted by molar-refractivity contribution is -0.139. The number of benzene rings is 1. The second kappa shape index (κ2) is 10.9. The molecule has 206 valence electrons. The number of nitrogens with two attached hydrogens (primary N) is 1. The molecule has 1 aromatic rings. The van der Waals surface area contributed by atoms with E-state index >= 15 is 0 Å². The largest absolute Gasteiger partial charge is 0.366 e. The number of nitrogens with one attached hydrogen (secondary N) is 2. The van der Waals surface area contributed by atoms with Gasteiger partial charge in [-0.2, -0.15) is 0 Å². The van der Waals surface area contributed by atoms with Gasteiger partial charge in [0.1, 0.15) is 24.8 Å². The highest BCUT2D eigenvalue weighted by Crippen LogP contribution is 2.35. The minimum absolute atomic E-state index is 0.00565. The Morgan fingerprint density at radius 3 is 2.53 bits per heavy atom. The lowest BCUT2D eigenvalue weighted by Crippen LogP contribution is -2.56. The second-order valence-electron chi connectivity index (χ2n) is 11.9. The summed E-state index contributed by atoms with van der Waals surface area (Å²) in [6.45, 7) is 3.21. The van der Waals surface area contributed by atoms with Crippen molar-refractivity contribution < 1.29 is 19.1 Å². The third kappa shape index (κ3) is 4.84. The Hall–Kier alpha value is -2.49. The summed E-state index contributed by atoms with van der Waals surface area (Å²) in [6.07, 6.45) is 8.46. The van der Waals surface area contributed by atoms with E-state index in [2.05, 4.69) is 15.5 Å². The molecule has 0 spiro atoms. The maximum absolute atomic E-state index is 13.9. The fourth-order valence-electron chi connectivity index (χ4n) is 7.27. The van der Waals surface area contributed by atoms with Crippen LogP contribution in [0.25, 0.3) is 0 Å². The van der Waals surface area contributed by atoms with E-state index in [0.717, 1.165) is 63.3 Å². The lowest BCUT2D eigenvalue weighted by Gasteiger charge is -2.45. The van der Waals surface area contributed by atoms with Gasteiger partial charge in [-0.1, -0.05) is 25.7 Å². The molecular weight excluding hydrogens is 482 g/mol. The molecule has 38 heavy (non-hydrogen) atoms. The summed E-state index contributed by atoms with van der Waals surface area (Å²) in [5.41, 5.74) is 7.93. The summed E-state index contributed by atoms with van der Waals surface area (Å²) in [5.74, 6) is 0.242. The van der Waals surface area contributed by atoms with Gasteiger partial charge in [-0.25, -0.2) is 0 Å². The number of nitrogens with zero attached hydrogens (tertiary/aromatic N) is 2. The maximum Gasteiger partial charge on any atom is 0.251 e. The molecule has 2 amide bonds. The fourth-order valence-corrected chi connectivity index (χ4v) is 7.27. The molecule has 4 N–H and O–H groups in total. The van der Waals surface area contributed by atoms with E-state index in [0.29, 0.717) is 11.6 Å². The minimum atomic E-state index is -0.669. The Kier molecular flexibility index (Phi) is 7.42. The van der Waals surface area contributed by atoms with Crippen molar-refractivity contribution in [3.63, 3.8) is 0 Å². The van der Waals surface area contributed by atoms with Gasteiger partial charge in [0.05, 0.1) is 6.04 Å². The van der Waals surface area contributed by atoms with Crippen LogP contribution < -0.4 is 21.3 Å². The molecule has 3 saturated heterocycles. The Morgan fingerprint density at radius 2 is 1.82 bits per heavy atom. The monoisotopic (exact) mass is 523 g/mol. The molecule has 5 aliphatic rings. The average molecular weight is 524 g/mol. The molecule has 9 nitrogen and oxygen atoms in total. The van der Waals surface area contributed by atoms with Crippen LogP contribution in [-0.2, 0) is 14.3 Å². The molecule has 3 heterocycles. The molecule has 0 aromatic heterocycles. The van der Waals surface area contributed by atoms with E-state index in [4.69, 9.17) is 10.5 Å². The number of piperazine rings is 1. The van der Waals surface area contributed by atoms with Crippen LogP contribution in [-0.4, -0.2) is 85.6 Å². The van der Waals surface area contributed by atoms with Crippen molar-refractivity contribution in [3.05, 3.63) is 29.8 Å². The van der Waals surface area contributed by atoms with E-state index in [1.165, 1.54) is 19.3 Å². The van der Waals surface area contributed by atoms with Crippen LogP contribution in [0.15, 0.2) is 24.3 Å². The first-order valence-electron chi connectivity index (χ1n) is 14.6. The van der Waals surface area contributed by atoms with Crippen LogP contribution in [0.5, 0.6) is 0 Å². The van der Waals surface area contributed by atoms with Crippen molar-refractivity contribution in [2.24, 2.45) is 17.6 Å². The molecule has 0 bridgehead atoms. The first kappa shape index (κ1) is 25.8. The topological polar surface area (TPSA) is 117 Å². The van der Waals surface area contributed by atoms with Crippen molar-refractivity contribution in [1.82, 2.24) is 15.5 Å². The van der Waals surface area contributed by atoms with Gasteiger partial charge in [0.25, 0.3) is 5.91 Å². The highest BCUT2D eigenvalue weighted by Gasteiger charge is 2.52. The van der Waals surface area contributed by atoms with Gasteiger partial charge in [0.2, 0.25) is 5.91 Å². The predicted octanol–water partition coefficient (Wildman–Crippen LogP) is 1.45. The van der Waals surface area contributed by atoms with Crippen LogP contribution >= 0.6 is 0 Å². The normalized spacial score (nSPS) is 31.1. The Labute approximate surface area is 224 Å². The lowest BCUT2D eigenvalue weighted by atomic mass is 9.78. The van der Waals surface area contributed by atoms with E-state index < -0.39 is 18.2 Å². The summed E-state index contributed by atoms with van der Waals surface area (Å²) in [7, 11) is 0. The zero-order valence-electron chi connectivity index (χ0n) is 22.1. The third-order valence-corrected chi connectivity index (χ3v) is 9.62. The van der Waals surface area contributed by atoms with E-state index in [-0.39, 0.29) is 42.7 Å². The SMILES string of the molecule is N[C@H]1CN(C(=O)[C@@H](NC(=O)c2ccc(N3CCNCC3C3CCC3)cc2)C2CCCCC2)[C@@H]2C(=O)CO[C@@H]21. The van der Waals surface area contributed by atoms with Crippen molar-refractivity contribution in [2.45, 2.75) is 81.6 Å². The number of ketones is 1. The van der Waals surface area contributed by atoms with Gasteiger partial charge in [-0.05, 0) is 61.8 Å².